The van der Waals surface area contributed by atoms with Crippen molar-refractivity contribution in [2.45, 2.75) is 24.1 Å². The molecule has 4 rings (SSSR count). The molecule has 0 saturated carbocycles. The highest BCUT2D eigenvalue weighted by atomic mass is 19.1. The van der Waals surface area contributed by atoms with Crippen LogP contribution < -0.4 is 26.4 Å². The van der Waals surface area contributed by atoms with Crippen LogP contribution in [0.5, 0.6) is 5.75 Å². The number of alkyl carbamates (subject to hydrolysis) is 1. The van der Waals surface area contributed by atoms with Gasteiger partial charge in [-0.15, -0.1) is 0 Å². The number of alkyl halides is 1. The van der Waals surface area contributed by atoms with Crippen molar-refractivity contribution in [3.8, 4) is 5.75 Å². The highest BCUT2D eigenvalue weighted by Gasteiger charge is 2.30. The van der Waals surface area contributed by atoms with Gasteiger partial charge in [-0.1, -0.05) is 24.3 Å². The lowest BCUT2D eigenvalue weighted by atomic mass is 9.85. The molecule has 0 bridgehead atoms. The van der Waals surface area contributed by atoms with E-state index in [1.807, 2.05) is 5.32 Å². The largest absolute Gasteiger partial charge is 0.485 e. The standard InChI is InChI=1S/C28H29F4N5O5/c29-15-36-28(39)42-13-20-12-40-21(9-35-20)14-41-26-22(32)10-34-11-23(26)37-27(38)25(33)24(16-1-5-18(30)6-2-16)17-3-7-19(31)8-4-17/h1-8,10-11,20-21,24-25,35H,9,12-15,33H2,(H,36,39)(H,37,38)/t20-,21-,25-/m0/s1. The fourth-order valence-corrected chi connectivity index (χ4v) is 4.31. The molecule has 14 heteroatoms. The van der Waals surface area contributed by atoms with Crippen LogP contribution in [0.25, 0.3) is 0 Å². The number of amides is 2. The molecular weight excluding hydrogens is 562 g/mol. The van der Waals surface area contributed by atoms with E-state index in [1.54, 1.807) is 0 Å². The average Bonchev–Trinajstić information content (AvgIpc) is 2.98. The number of nitrogens with zero attached hydrogens (tertiary/aromatic N) is 1. The first-order valence-electron chi connectivity index (χ1n) is 12.9. The predicted molar refractivity (Wildman–Crippen MR) is 143 cm³/mol. The third kappa shape index (κ3) is 8.15. The number of hydrogen-bond donors (Lipinski definition) is 4. The van der Waals surface area contributed by atoms with Gasteiger partial charge in [0.15, 0.2) is 18.4 Å². The van der Waals surface area contributed by atoms with E-state index >= 15 is 0 Å². The summed E-state index contributed by atoms with van der Waals surface area (Å²) in [5, 5.41) is 7.50. The lowest BCUT2D eigenvalue weighted by Gasteiger charge is -2.30. The summed E-state index contributed by atoms with van der Waals surface area (Å²) in [6.45, 7) is -0.786. The quantitative estimate of drug-likeness (QED) is 0.197. The van der Waals surface area contributed by atoms with E-state index in [0.717, 1.165) is 6.20 Å². The lowest BCUT2D eigenvalue weighted by Crippen LogP contribution is -2.50. The molecular formula is C28H29F4N5O5. The zero-order valence-electron chi connectivity index (χ0n) is 22.2. The van der Waals surface area contributed by atoms with Crippen LogP contribution in [0.4, 0.5) is 28.0 Å². The van der Waals surface area contributed by atoms with E-state index in [9.17, 15) is 27.2 Å². The Morgan fingerprint density at radius 3 is 2.24 bits per heavy atom. The minimum Gasteiger partial charge on any atom is -0.485 e. The molecule has 2 amide bonds. The van der Waals surface area contributed by atoms with Gasteiger partial charge < -0.3 is 30.6 Å². The van der Waals surface area contributed by atoms with Gasteiger partial charge in [-0.3, -0.25) is 15.1 Å². The van der Waals surface area contributed by atoms with Gasteiger partial charge in [-0.05, 0) is 35.4 Å². The predicted octanol–water partition coefficient (Wildman–Crippen LogP) is 2.99. The summed E-state index contributed by atoms with van der Waals surface area (Å²) in [6, 6.07) is 9.19. The fraction of sp³-hybridized carbons (Fsp3) is 0.321. The number of nitrogens with one attached hydrogen (secondary N) is 3. The normalized spacial score (nSPS) is 17.4. The second-order valence-corrected chi connectivity index (χ2v) is 9.37. The van der Waals surface area contributed by atoms with Gasteiger partial charge in [-0.25, -0.2) is 22.4 Å². The number of benzene rings is 2. The zero-order valence-corrected chi connectivity index (χ0v) is 22.2. The number of halogens is 4. The second kappa shape index (κ2) is 14.6. The number of carbonyl (C=O) groups is 2. The van der Waals surface area contributed by atoms with E-state index in [2.05, 4.69) is 15.6 Å². The Bertz CT molecular complexity index is 1300. The molecule has 42 heavy (non-hydrogen) atoms. The molecule has 0 aliphatic carbocycles. The number of rotatable bonds is 11. The molecule has 0 radical (unpaired) electrons. The van der Waals surface area contributed by atoms with E-state index < -0.39 is 54.3 Å². The number of nitrogens with two attached hydrogens (primary N) is 1. The van der Waals surface area contributed by atoms with E-state index in [1.165, 1.54) is 54.7 Å². The van der Waals surface area contributed by atoms with Crippen LogP contribution in [0.3, 0.4) is 0 Å². The Hall–Kier alpha value is -4.27. The Kier molecular flexibility index (Phi) is 10.6. The molecule has 1 saturated heterocycles. The minimum atomic E-state index is -1.26. The molecule has 5 N–H and O–H groups in total. The Morgan fingerprint density at radius 1 is 1.02 bits per heavy atom. The monoisotopic (exact) mass is 591 g/mol. The molecule has 2 heterocycles. The molecule has 1 fully saturated rings. The van der Waals surface area contributed by atoms with Crippen molar-refractivity contribution in [1.29, 1.82) is 0 Å². The molecule has 1 aliphatic rings. The number of pyridine rings is 1. The molecule has 1 aliphatic heterocycles. The van der Waals surface area contributed by atoms with Crippen molar-refractivity contribution in [2.24, 2.45) is 5.73 Å². The minimum absolute atomic E-state index is 0.0499. The molecule has 3 atom stereocenters. The summed E-state index contributed by atoms with van der Waals surface area (Å²) in [7, 11) is 0. The highest BCUT2D eigenvalue weighted by molar-refractivity contribution is 5.96. The van der Waals surface area contributed by atoms with Gasteiger partial charge in [0.2, 0.25) is 5.91 Å². The summed E-state index contributed by atoms with van der Waals surface area (Å²) < 4.78 is 70.2. The van der Waals surface area contributed by atoms with Crippen LogP contribution in [-0.4, -0.2) is 68.3 Å². The maximum Gasteiger partial charge on any atom is 0.409 e. The van der Waals surface area contributed by atoms with Crippen LogP contribution in [0.15, 0.2) is 60.9 Å². The first-order valence-corrected chi connectivity index (χ1v) is 12.9. The Morgan fingerprint density at radius 2 is 1.67 bits per heavy atom. The third-order valence-electron chi connectivity index (χ3n) is 6.44. The van der Waals surface area contributed by atoms with Gasteiger partial charge in [0.25, 0.3) is 0 Å². The maximum absolute atomic E-state index is 14.7. The van der Waals surface area contributed by atoms with Crippen LogP contribution in [-0.2, 0) is 14.3 Å². The Labute approximate surface area is 238 Å². The molecule has 0 spiro atoms. The number of morpholine rings is 1. The molecule has 3 aromatic rings. The van der Waals surface area contributed by atoms with Crippen molar-refractivity contribution in [2.75, 3.05) is 38.5 Å². The van der Waals surface area contributed by atoms with E-state index in [-0.39, 0.29) is 43.8 Å². The van der Waals surface area contributed by atoms with Crippen LogP contribution in [0, 0.1) is 17.5 Å². The number of carbonyl (C=O) groups excluding carboxylic acids is 2. The Balaban J connectivity index is 1.41. The third-order valence-corrected chi connectivity index (χ3v) is 6.44. The summed E-state index contributed by atoms with van der Waals surface area (Å²) >= 11 is 0. The van der Waals surface area contributed by atoms with Gasteiger partial charge in [-0.2, -0.15) is 0 Å². The van der Waals surface area contributed by atoms with E-state index in [4.69, 9.17) is 19.9 Å². The van der Waals surface area contributed by atoms with Gasteiger partial charge in [0, 0.05) is 12.5 Å². The first kappa shape index (κ1) is 30.7. The summed E-state index contributed by atoms with van der Waals surface area (Å²) in [5.41, 5.74) is 7.30. The topological polar surface area (TPSA) is 137 Å². The number of aromatic nitrogens is 1. The molecule has 10 nitrogen and oxygen atoms in total. The smallest absolute Gasteiger partial charge is 0.409 e. The van der Waals surface area contributed by atoms with Gasteiger partial charge >= 0.3 is 6.09 Å². The SMILES string of the molecule is N[C@H](C(=O)Nc1cncc(F)c1OC[C@@H]1CN[C@H](COC(=O)NCF)CO1)C(c1ccc(F)cc1)c1ccc(F)cc1. The van der Waals surface area contributed by atoms with Crippen molar-refractivity contribution in [1.82, 2.24) is 15.6 Å². The lowest BCUT2D eigenvalue weighted by molar-refractivity contribution is -0.117. The number of hydrogen-bond acceptors (Lipinski definition) is 8. The van der Waals surface area contributed by atoms with Crippen LogP contribution >= 0.6 is 0 Å². The maximum atomic E-state index is 14.7. The number of anilines is 1. The first-order chi connectivity index (χ1) is 20.2. The molecule has 224 valence electrons. The van der Waals surface area contributed by atoms with Gasteiger partial charge in [0.1, 0.15) is 36.6 Å². The highest BCUT2D eigenvalue weighted by Crippen LogP contribution is 2.31. The number of ether oxygens (including phenoxy) is 3. The summed E-state index contributed by atoms with van der Waals surface area (Å²) in [5.74, 6) is -3.61. The summed E-state index contributed by atoms with van der Waals surface area (Å²) in [6.07, 6.45) is 0.707. The van der Waals surface area contributed by atoms with E-state index in [0.29, 0.717) is 11.1 Å². The molecule has 0 unspecified atom stereocenters. The van der Waals surface area contributed by atoms with Crippen molar-refractivity contribution in [3.63, 3.8) is 0 Å². The van der Waals surface area contributed by atoms with Crippen molar-refractivity contribution >= 4 is 17.7 Å². The molecule has 1 aromatic heterocycles. The van der Waals surface area contributed by atoms with Crippen molar-refractivity contribution in [3.05, 3.63) is 89.5 Å². The van der Waals surface area contributed by atoms with Crippen LogP contribution in [0.2, 0.25) is 0 Å². The average molecular weight is 592 g/mol. The van der Waals surface area contributed by atoms with Crippen molar-refractivity contribution < 1.29 is 41.4 Å². The molecule has 2 aromatic carbocycles. The zero-order chi connectivity index (χ0) is 30.1. The van der Waals surface area contributed by atoms with Gasteiger partial charge in [0.05, 0.1) is 31.1 Å². The van der Waals surface area contributed by atoms with Crippen LogP contribution in [0.1, 0.15) is 17.0 Å². The second-order valence-electron chi connectivity index (χ2n) is 9.37. The summed E-state index contributed by atoms with van der Waals surface area (Å²) in [4.78, 5) is 28.3. The fourth-order valence-electron chi connectivity index (χ4n) is 4.31.